The zero-order valence-corrected chi connectivity index (χ0v) is 21.7. The molecule has 0 saturated carbocycles. The number of hydrogen-bond acceptors (Lipinski definition) is 9. The van der Waals surface area contributed by atoms with E-state index in [0.29, 0.717) is 49.2 Å². The number of aromatic nitrogens is 3. The topological polar surface area (TPSA) is 96.8 Å². The van der Waals surface area contributed by atoms with Crippen LogP contribution in [0.15, 0.2) is 46.0 Å². The van der Waals surface area contributed by atoms with Gasteiger partial charge in [0, 0.05) is 28.1 Å². The summed E-state index contributed by atoms with van der Waals surface area (Å²) in [5.41, 5.74) is 5.44. The van der Waals surface area contributed by atoms with E-state index in [4.69, 9.17) is 21.1 Å². The monoisotopic (exact) mass is 567 g/mol. The molecule has 0 unspecified atom stereocenters. The molecule has 0 spiro atoms. The van der Waals surface area contributed by atoms with Crippen molar-refractivity contribution >= 4 is 69.7 Å². The highest BCUT2D eigenvalue weighted by Gasteiger charge is 2.17. The van der Waals surface area contributed by atoms with Gasteiger partial charge in [-0.05, 0) is 52.7 Å². The van der Waals surface area contributed by atoms with Crippen molar-refractivity contribution in [3.63, 3.8) is 0 Å². The van der Waals surface area contributed by atoms with Crippen LogP contribution in [0, 0.1) is 6.92 Å². The van der Waals surface area contributed by atoms with Crippen molar-refractivity contribution in [3.8, 4) is 5.75 Å². The van der Waals surface area contributed by atoms with Gasteiger partial charge < -0.3 is 19.7 Å². The Bertz CT molecular complexity index is 1160. The SMILES string of the molecule is COc1ccccc1C=NNc1nc(Nc2cc(Cl)c(C)cc2Br)nc(N2CCOCC2)n1.Cl. The van der Waals surface area contributed by atoms with Crippen LogP contribution in [0.2, 0.25) is 5.02 Å². The molecule has 1 saturated heterocycles. The highest BCUT2D eigenvalue weighted by molar-refractivity contribution is 9.10. The van der Waals surface area contributed by atoms with Crippen LogP contribution in [-0.4, -0.2) is 54.6 Å². The normalized spacial score (nSPS) is 13.5. The summed E-state index contributed by atoms with van der Waals surface area (Å²) < 4.78 is 11.7. The second-order valence-electron chi connectivity index (χ2n) is 7.20. The number of nitrogens with one attached hydrogen (secondary N) is 2. The third-order valence-corrected chi connectivity index (χ3v) is 5.98. The molecule has 12 heteroatoms. The van der Waals surface area contributed by atoms with Crippen molar-refractivity contribution in [1.29, 1.82) is 0 Å². The van der Waals surface area contributed by atoms with Crippen LogP contribution in [-0.2, 0) is 4.74 Å². The lowest BCUT2D eigenvalue weighted by Gasteiger charge is -2.27. The minimum atomic E-state index is 0. The lowest BCUT2D eigenvalue weighted by Crippen LogP contribution is -2.37. The molecule has 34 heavy (non-hydrogen) atoms. The summed E-state index contributed by atoms with van der Waals surface area (Å²) in [6, 6.07) is 11.3. The van der Waals surface area contributed by atoms with Crippen molar-refractivity contribution in [1.82, 2.24) is 15.0 Å². The molecule has 180 valence electrons. The summed E-state index contributed by atoms with van der Waals surface area (Å²) in [5.74, 6) is 1.91. The number of hydrazone groups is 1. The van der Waals surface area contributed by atoms with E-state index >= 15 is 0 Å². The van der Waals surface area contributed by atoms with Gasteiger partial charge in [0.1, 0.15) is 5.75 Å². The molecule has 0 aliphatic carbocycles. The number of halogens is 3. The van der Waals surface area contributed by atoms with Gasteiger partial charge in [-0.2, -0.15) is 20.1 Å². The first-order valence-electron chi connectivity index (χ1n) is 10.3. The number of aryl methyl sites for hydroxylation is 1. The highest BCUT2D eigenvalue weighted by Crippen LogP contribution is 2.31. The fourth-order valence-electron chi connectivity index (χ4n) is 3.17. The molecule has 2 heterocycles. The molecular weight excluding hydrogens is 545 g/mol. The van der Waals surface area contributed by atoms with Gasteiger partial charge in [-0.25, -0.2) is 5.43 Å². The van der Waals surface area contributed by atoms with Gasteiger partial charge >= 0.3 is 0 Å². The Kier molecular flexibility index (Phi) is 9.28. The van der Waals surface area contributed by atoms with Crippen molar-refractivity contribution in [3.05, 3.63) is 57.0 Å². The number of nitrogens with zero attached hydrogens (tertiary/aromatic N) is 5. The zero-order chi connectivity index (χ0) is 23.2. The Balaban J connectivity index is 0.00000324. The number of hydrogen-bond donors (Lipinski definition) is 2. The molecule has 0 bridgehead atoms. The number of morpholine rings is 1. The minimum Gasteiger partial charge on any atom is -0.496 e. The van der Waals surface area contributed by atoms with Crippen LogP contribution in [0.4, 0.5) is 23.5 Å². The Morgan fingerprint density at radius 2 is 1.88 bits per heavy atom. The number of rotatable bonds is 7. The summed E-state index contributed by atoms with van der Waals surface area (Å²) in [6.45, 7) is 4.55. The molecule has 0 atom stereocenters. The van der Waals surface area contributed by atoms with E-state index in [1.807, 2.05) is 48.2 Å². The summed E-state index contributed by atoms with van der Waals surface area (Å²) in [6.07, 6.45) is 1.65. The molecule has 1 aromatic heterocycles. The highest BCUT2D eigenvalue weighted by atomic mass is 79.9. The Labute approximate surface area is 217 Å². The number of anilines is 4. The maximum absolute atomic E-state index is 6.31. The van der Waals surface area contributed by atoms with Crippen molar-refractivity contribution in [2.45, 2.75) is 6.92 Å². The third-order valence-electron chi connectivity index (χ3n) is 4.92. The van der Waals surface area contributed by atoms with Crippen LogP contribution in [0.5, 0.6) is 5.75 Å². The van der Waals surface area contributed by atoms with Gasteiger partial charge in [-0.3, -0.25) is 0 Å². The minimum absolute atomic E-state index is 0. The third kappa shape index (κ3) is 6.47. The van der Waals surface area contributed by atoms with E-state index in [0.717, 1.165) is 27.0 Å². The Morgan fingerprint density at radius 1 is 1.15 bits per heavy atom. The zero-order valence-electron chi connectivity index (χ0n) is 18.6. The lowest BCUT2D eigenvalue weighted by atomic mass is 10.2. The van der Waals surface area contributed by atoms with Crippen LogP contribution in [0.25, 0.3) is 0 Å². The van der Waals surface area contributed by atoms with E-state index in [1.165, 1.54) is 0 Å². The predicted molar refractivity (Wildman–Crippen MR) is 141 cm³/mol. The molecule has 1 aliphatic heterocycles. The Morgan fingerprint density at radius 3 is 2.65 bits per heavy atom. The quantitative estimate of drug-likeness (QED) is 0.302. The maximum Gasteiger partial charge on any atom is 0.250 e. The number of ether oxygens (including phenoxy) is 2. The van der Waals surface area contributed by atoms with E-state index in [-0.39, 0.29) is 12.4 Å². The molecule has 0 radical (unpaired) electrons. The number of methoxy groups -OCH3 is 1. The predicted octanol–water partition coefficient (Wildman–Crippen LogP) is 5.05. The first kappa shape index (κ1) is 26.0. The first-order chi connectivity index (χ1) is 16.0. The number of benzene rings is 2. The van der Waals surface area contributed by atoms with Gasteiger partial charge in [0.2, 0.25) is 17.8 Å². The average molecular weight is 569 g/mol. The smallest absolute Gasteiger partial charge is 0.250 e. The fourth-order valence-corrected chi connectivity index (χ4v) is 3.89. The summed E-state index contributed by atoms with van der Waals surface area (Å²) >= 11 is 9.87. The van der Waals surface area contributed by atoms with Crippen molar-refractivity contribution in [2.24, 2.45) is 5.10 Å². The number of para-hydroxylation sites is 1. The van der Waals surface area contributed by atoms with E-state index < -0.39 is 0 Å². The second kappa shape index (κ2) is 12.2. The van der Waals surface area contributed by atoms with Crippen LogP contribution in [0.3, 0.4) is 0 Å². The largest absolute Gasteiger partial charge is 0.496 e. The molecular formula is C22H24BrCl2N7O2. The molecule has 2 N–H and O–H groups in total. The van der Waals surface area contributed by atoms with Crippen molar-refractivity contribution < 1.29 is 9.47 Å². The fraction of sp³-hybridized carbons (Fsp3) is 0.273. The van der Waals surface area contributed by atoms with Crippen LogP contribution in [0.1, 0.15) is 11.1 Å². The van der Waals surface area contributed by atoms with Gasteiger partial charge in [-0.1, -0.05) is 23.7 Å². The van der Waals surface area contributed by atoms with Crippen LogP contribution < -0.4 is 20.4 Å². The Hall–Kier alpha value is -2.66. The second-order valence-corrected chi connectivity index (χ2v) is 8.46. The van der Waals surface area contributed by atoms with E-state index in [9.17, 15) is 0 Å². The first-order valence-corrected chi connectivity index (χ1v) is 11.4. The van der Waals surface area contributed by atoms with Gasteiger partial charge in [-0.15, -0.1) is 12.4 Å². The molecule has 1 aliphatic rings. The summed E-state index contributed by atoms with van der Waals surface area (Å²) in [7, 11) is 1.62. The maximum atomic E-state index is 6.31. The molecule has 0 amide bonds. The average Bonchev–Trinajstić information content (AvgIpc) is 2.83. The van der Waals surface area contributed by atoms with Gasteiger partial charge in [0.05, 0.1) is 32.2 Å². The van der Waals surface area contributed by atoms with Gasteiger partial charge in [0.25, 0.3) is 0 Å². The molecule has 3 aromatic rings. The van der Waals surface area contributed by atoms with Gasteiger partial charge in [0.15, 0.2) is 0 Å². The van der Waals surface area contributed by atoms with E-state index in [1.54, 1.807) is 13.3 Å². The van der Waals surface area contributed by atoms with Crippen molar-refractivity contribution in [2.75, 3.05) is 49.1 Å². The standard InChI is InChI=1S/C22H23BrClN7O2.ClH/c1-14-11-16(23)18(12-17(14)24)26-20-27-21(29-22(28-20)31-7-9-33-10-8-31)30-25-13-15-5-3-4-6-19(15)32-2;/h3-6,11-13H,7-10H2,1-2H3,(H2,26,27,28,29,30);1H. The molecule has 4 rings (SSSR count). The lowest BCUT2D eigenvalue weighted by molar-refractivity contribution is 0.122. The van der Waals surface area contributed by atoms with Crippen LogP contribution >= 0.6 is 39.9 Å². The molecule has 1 fully saturated rings. The molecule has 2 aromatic carbocycles. The molecule has 9 nitrogen and oxygen atoms in total. The summed E-state index contributed by atoms with van der Waals surface area (Å²) in [5, 5.41) is 8.15. The summed E-state index contributed by atoms with van der Waals surface area (Å²) in [4.78, 5) is 15.7. The van der Waals surface area contributed by atoms with E-state index in [2.05, 4.69) is 46.7 Å².